The fraction of sp³-hybridized carbons (Fsp3) is 0.125. The van der Waals surface area contributed by atoms with Crippen molar-refractivity contribution >= 4 is 38.9 Å². The number of benzene rings is 1. The molecule has 122 valence electrons. The van der Waals surface area contributed by atoms with Crippen LogP contribution < -0.4 is 5.32 Å². The number of anilines is 1. The molecule has 7 nitrogen and oxygen atoms in total. The van der Waals surface area contributed by atoms with Gasteiger partial charge in [0.05, 0.1) is 16.3 Å². The number of nitrogens with zero attached hydrogens (tertiary/aromatic N) is 3. The number of pyridine rings is 1. The van der Waals surface area contributed by atoms with E-state index < -0.39 is 4.92 Å². The van der Waals surface area contributed by atoms with Gasteiger partial charge in [0.1, 0.15) is 11.3 Å². The van der Waals surface area contributed by atoms with Gasteiger partial charge < -0.3 is 5.32 Å². The van der Waals surface area contributed by atoms with Crippen molar-refractivity contribution in [2.24, 2.45) is 0 Å². The maximum absolute atomic E-state index is 12.7. The first-order valence-electron chi connectivity index (χ1n) is 7.07. The predicted octanol–water partition coefficient (Wildman–Crippen LogP) is 3.87. The highest BCUT2D eigenvalue weighted by atomic mass is 79.9. The zero-order valence-electron chi connectivity index (χ0n) is 12.9. The molecule has 0 radical (unpaired) electrons. The molecule has 1 aromatic carbocycles. The number of carbonyl (C=O) groups excluding carboxylic acids is 1. The summed E-state index contributed by atoms with van der Waals surface area (Å²) in [4.78, 5) is 27.4. The van der Waals surface area contributed by atoms with Gasteiger partial charge in [0.15, 0.2) is 0 Å². The molecule has 3 rings (SSSR count). The number of amides is 1. The highest BCUT2D eigenvalue weighted by Gasteiger charge is 2.19. The van der Waals surface area contributed by atoms with E-state index in [1.165, 1.54) is 18.2 Å². The first-order valence-corrected chi connectivity index (χ1v) is 7.86. The molecule has 0 aliphatic carbocycles. The maximum Gasteiger partial charge on any atom is 0.274 e. The number of aromatic nitrogens is 2. The first-order chi connectivity index (χ1) is 11.4. The van der Waals surface area contributed by atoms with Gasteiger partial charge in [-0.25, -0.2) is 4.98 Å². The van der Waals surface area contributed by atoms with E-state index in [9.17, 15) is 14.9 Å². The Labute approximate surface area is 145 Å². The third kappa shape index (κ3) is 2.88. The number of hydrogen-bond donors (Lipinski definition) is 1. The summed E-state index contributed by atoms with van der Waals surface area (Å²) in [6.07, 6.45) is 1.78. The van der Waals surface area contributed by atoms with Gasteiger partial charge >= 0.3 is 0 Å². The quantitative estimate of drug-likeness (QED) is 0.544. The Bertz CT molecular complexity index is 981. The van der Waals surface area contributed by atoms with Gasteiger partial charge in [0.25, 0.3) is 11.6 Å². The number of rotatable bonds is 3. The molecule has 8 heteroatoms. The van der Waals surface area contributed by atoms with Crippen LogP contribution in [0.15, 0.2) is 41.0 Å². The van der Waals surface area contributed by atoms with E-state index in [1.807, 2.05) is 19.1 Å². The minimum absolute atomic E-state index is 0.0982. The smallest absolute Gasteiger partial charge is 0.274 e. The average Bonchev–Trinajstić information content (AvgIpc) is 2.84. The lowest BCUT2D eigenvalue weighted by Crippen LogP contribution is -2.16. The molecule has 1 N–H and O–H groups in total. The molecule has 1 amide bonds. The summed E-state index contributed by atoms with van der Waals surface area (Å²) in [6.45, 7) is 3.70. The molecular formula is C16H13BrN4O3. The Morgan fingerprint density at radius 2 is 2.04 bits per heavy atom. The number of carbonyl (C=O) groups is 1. The Balaban J connectivity index is 2.01. The van der Waals surface area contributed by atoms with Crippen LogP contribution >= 0.6 is 15.9 Å². The molecule has 3 aromatic rings. The molecule has 0 bridgehead atoms. The van der Waals surface area contributed by atoms with Gasteiger partial charge in [0.2, 0.25) is 0 Å². The molecule has 0 spiro atoms. The number of non-ortho nitro benzene ring substituents is 1. The normalized spacial score (nSPS) is 10.8. The monoisotopic (exact) mass is 388 g/mol. The van der Waals surface area contributed by atoms with E-state index in [4.69, 9.17) is 0 Å². The highest BCUT2D eigenvalue weighted by Crippen LogP contribution is 2.28. The Morgan fingerprint density at radius 1 is 1.29 bits per heavy atom. The Morgan fingerprint density at radius 3 is 2.75 bits per heavy atom. The van der Waals surface area contributed by atoms with Crippen LogP contribution in [0, 0.1) is 24.0 Å². The van der Waals surface area contributed by atoms with Crippen LogP contribution in [0.3, 0.4) is 0 Å². The minimum atomic E-state index is -0.510. The summed E-state index contributed by atoms with van der Waals surface area (Å²) in [5, 5.41) is 13.6. The second-order valence-electron chi connectivity index (χ2n) is 5.35. The number of nitro groups is 1. The predicted molar refractivity (Wildman–Crippen MR) is 93.4 cm³/mol. The molecule has 2 heterocycles. The summed E-state index contributed by atoms with van der Waals surface area (Å²) in [6, 6.07) is 7.96. The van der Waals surface area contributed by atoms with Crippen LogP contribution in [0.4, 0.5) is 11.4 Å². The van der Waals surface area contributed by atoms with Gasteiger partial charge in [0, 0.05) is 22.8 Å². The van der Waals surface area contributed by atoms with E-state index in [0.29, 0.717) is 27.2 Å². The van der Waals surface area contributed by atoms with Gasteiger partial charge in [-0.3, -0.25) is 19.3 Å². The van der Waals surface area contributed by atoms with Crippen molar-refractivity contribution in [1.82, 2.24) is 9.38 Å². The lowest BCUT2D eigenvalue weighted by atomic mass is 10.2. The molecule has 0 aliphatic rings. The number of nitrogens with one attached hydrogen (secondary N) is 1. The summed E-state index contributed by atoms with van der Waals surface area (Å²) in [5.74, 6) is -0.384. The van der Waals surface area contributed by atoms with E-state index in [2.05, 4.69) is 26.2 Å². The molecule has 0 fully saturated rings. The van der Waals surface area contributed by atoms with Crippen molar-refractivity contribution in [3.8, 4) is 0 Å². The number of imidazole rings is 1. The van der Waals surface area contributed by atoms with Crippen LogP contribution in [0.5, 0.6) is 0 Å². The van der Waals surface area contributed by atoms with E-state index in [0.717, 1.165) is 5.56 Å². The molecule has 24 heavy (non-hydrogen) atoms. The van der Waals surface area contributed by atoms with Gasteiger partial charge in [-0.1, -0.05) is 0 Å². The highest BCUT2D eigenvalue weighted by molar-refractivity contribution is 9.10. The Hall–Kier alpha value is -2.74. The second-order valence-corrected chi connectivity index (χ2v) is 6.21. The fourth-order valence-corrected chi connectivity index (χ4v) is 2.79. The van der Waals surface area contributed by atoms with Gasteiger partial charge in [-0.05, 0) is 53.5 Å². The van der Waals surface area contributed by atoms with Crippen molar-refractivity contribution in [3.63, 3.8) is 0 Å². The molecule has 0 unspecified atom stereocenters. The molecule has 2 aromatic heterocycles. The van der Waals surface area contributed by atoms with Crippen molar-refractivity contribution in [2.75, 3.05) is 5.32 Å². The topological polar surface area (TPSA) is 89.5 Å². The third-order valence-electron chi connectivity index (χ3n) is 3.58. The summed E-state index contributed by atoms with van der Waals surface area (Å²) in [7, 11) is 0. The van der Waals surface area contributed by atoms with Crippen LogP contribution in [-0.4, -0.2) is 20.2 Å². The van der Waals surface area contributed by atoms with E-state index in [1.54, 1.807) is 17.5 Å². The molecule has 0 saturated heterocycles. The number of aryl methyl sites for hydroxylation is 2. The van der Waals surface area contributed by atoms with Crippen molar-refractivity contribution < 1.29 is 9.72 Å². The Kier molecular flexibility index (Phi) is 4.06. The molecule has 0 saturated carbocycles. The molecular weight excluding hydrogens is 376 g/mol. The SMILES string of the molecule is Cc1ccn2c(C(=O)Nc3cc([N+](=O)[O-])ccc3Br)c(C)nc2c1. The van der Waals surface area contributed by atoms with Crippen molar-refractivity contribution in [2.45, 2.75) is 13.8 Å². The van der Waals surface area contributed by atoms with Crippen LogP contribution in [0.1, 0.15) is 21.7 Å². The standard InChI is InChI=1S/C16H13BrN4O3/c1-9-5-6-20-14(7-9)18-10(2)15(20)16(22)19-13-8-11(21(23)24)3-4-12(13)17/h3-8H,1-2H3,(H,19,22). The fourth-order valence-electron chi connectivity index (χ4n) is 2.44. The second kappa shape index (κ2) is 6.04. The molecule has 0 atom stereocenters. The minimum Gasteiger partial charge on any atom is -0.319 e. The van der Waals surface area contributed by atoms with Crippen LogP contribution in [0.2, 0.25) is 0 Å². The number of halogens is 1. The number of nitro benzene ring substituents is 1. The summed E-state index contributed by atoms with van der Waals surface area (Å²) in [5.41, 5.74) is 2.93. The molecule has 0 aliphatic heterocycles. The maximum atomic E-state index is 12.7. The average molecular weight is 389 g/mol. The third-order valence-corrected chi connectivity index (χ3v) is 4.27. The van der Waals surface area contributed by atoms with Crippen molar-refractivity contribution in [1.29, 1.82) is 0 Å². The lowest BCUT2D eigenvalue weighted by Gasteiger charge is -2.08. The van der Waals surface area contributed by atoms with E-state index in [-0.39, 0.29) is 11.6 Å². The van der Waals surface area contributed by atoms with Crippen LogP contribution in [-0.2, 0) is 0 Å². The number of fused-ring (bicyclic) bond motifs is 1. The van der Waals surface area contributed by atoms with E-state index >= 15 is 0 Å². The zero-order chi connectivity index (χ0) is 17.4. The summed E-state index contributed by atoms with van der Waals surface area (Å²) >= 11 is 3.29. The van der Waals surface area contributed by atoms with Crippen LogP contribution in [0.25, 0.3) is 5.65 Å². The zero-order valence-corrected chi connectivity index (χ0v) is 14.5. The van der Waals surface area contributed by atoms with Crippen molar-refractivity contribution in [3.05, 3.63) is 68.1 Å². The van der Waals surface area contributed by atoms with Gasteiger partial charge in [-0.15, -0.1) is 0 Å². The first kappa shape index (κ1) is 16.1. The van der Waals surface area contributed by atoms with Gasteiger partial charge in [-0.2, -0.15) is 0 Å². The lowest BCUT2D eigenvalue weighted by molar-refractivity contribution is -0.384. The summed E-state index contributed by atoms with van der Waals surface area (Å²) < 4.78 is 2.26. The number of hydrogen-bond acceptors (Lipinski definition) is 4. The largest absolute Gasteiger partial charge is 0.319 e.